The van der Waals surface area contributed by atoms with E-state index in [2.05, 4.69) is 21.4 Å². The first-order valence-corrected chi connectivity index (χ1v) is 5.37. The average Bonchev–Trinajstić information content (AvgIpc) is 2.70. The van der Waals surface area contributed by atoms with Crippen LogP contribution in [0.3, 0.4) is 0 Å². The lowest BCUT2D eigenvalue weighted by atomic mass is 10.1. The molecule has 0 radical (unpaired) electrons. The highest BCUT2D eigenvalue weighted by atomic mass is 16.5. The highest BCUT2D eigenvalue weighted by molar-refractivity contribution is 5.96. The highest BCUT2D eigenvalue weighted by Crippen LogP contribution is 2.26. The molecular formula is C12H12N4O. The van der Waals surface area contributed by atoms with E-state index in [0.29, 0.717) is 5.88 Å². The summed E-state index contributed by atoms with van der Waals surface area (Å²) in [6.45, 7) is 3.92. The fraction of sp³-hybridized carbons (Fsp3) is 0.250. The molecule has 5 nitrogen and oxygen atoms in total. The number of nitrogens with zero attached hydrogens (tertiary/aromatic N) is 4. The van der Waals surface area contributed by atoms with Gasteiger partial charge in [0.2, 0.25) is 5.88 Å². The number of hydrogen-bond donors (Lipinski definition) is 0. The molecule has 0 N–H and O–H groups in total. The van der Waals surface area contributed by atoms with Crippen LogP contribution in [0, 0.1) is 13.8 Å². The molecule has 0 unspecified atom stereocenters. The summed E-state index contributed by atoms with van der Waals surface area (Å²) in [5.41, 5.74) is 1.94. The van der Waals surface area contributed by atoms with E-state index < -0.39 is 0 Å². The fourth-order valence-electron chi connectivity index (χ4n) is 1.97. The normalized spacial score (nSPS) is 11.2. The van der Waals surface area contributed by atoms with E-state index in [1.165, 1.54) is 5.56 Å². The molecule has 0 saturated carbocycles. The SMILES string of the molecule is COc1nn2c(C)nnc2c2cc(C)ccc12. The minimum absolute atomic E-state index is 0.593. The zero-order valence-electron chi connectivity index (χ0n) is 9.93. The zero-order chi connectivity index (χ0) is 12.0. The summed E-state index contributed by atoms with van der Waals surface area (Å²) >= 11 is 0. The maximum atomic E-state index is 5.31. The standard InChI is InChI=1S/C12H12N4O/c1-7-4-5-9-10(6-7)11-14-13-8(2)16(11)15-12(9)17-3/h4-6H,1-3H3. The van der Waals surface area contributed by atoms with Gasteiger partial charge >= 0.3 is 0 Å². The van der Waals surface area contributed by atoms with E-state index >= 15 is 0 Å². The van der Waals surface area contributed by atoms with Gasteiger partial charge in [-0.15, -0.1) is 15.3 Å². The van der Waals surface area contributed by atoms with Crippen LogP contribution in [0.1, 0.15) is 11.4 Å². The lowest BCUT2D eigenvalue weighted by molar-refractivity contribution is 0.395. The van der Waals surface area contributed by atoms with Gasteiger partial charge in [0.1, 0.15) is 0 Å². The first kappa shape index (κ1) is 10.0. The Labute approximate surface area is 98.0 Å². The summed E-state index contributed by atoms with van der Waals surface area (Å²) in [4.78, 5) is 0. The lowest BCUT2D eigenvalue weighted by Crippen LogP contribution is -1.99. The Morgan fingerprint density at radius 3 is 2.71 bits per heavy atom. The van der Waals surface area contributed by atoms with Crippen LogP contribution in [0.4, 0.5) is 0 Å². The molecule has 1 aromatic carbocycles. The predicted molar refractivity (Wildman–Crippen MR) is 64.3 cm³/mol. The molecule has 2 heterocycles. The number of aryl methyl sites for hydroxylation is 2. The molecule has 5 heteroatoms. The van der Waals surface area contributed by atoms with Crippen molar-refractivity contribution in [2.45, 2.75) is 13.8 Å². The molecule has 0 aliphatic carbocycles. The third-order valence-electron chi connectivity index (χ3n) is 2.83. The van der Waals surface area contributed by atoms with E-state index in [-0.39, 0.29) is 0 Å². The molecule has 0 amide bonds. The van der Waals surface area contributed by atoms with Gasteiger partial charge in [0.15, 0.2) is 11.5 Å². The number of hydrogen-bond acceptors (Lipinski definition) is 4. The van der Waals surface area contributed by atoms with Crippen molar-refractivity contribution in [1.29, 1.82) is 0 Å². The first-order valence-electron chi connectivity index (χ1n) is 5.37. The molecule has 3 aromatic rings. The molecule has 0 atom stereocenters. The van der Waals surface area contributed by atoms with Crippen LogP contribution >= 0.6 is 0 Å². The molecule has 0 saturated heterocycles. The molecule has 0 aliphatic rings. The predicted octanol–water partition coefficient (Wildman–Crippen LogP) is 1.90. The second kappa shape index (κ2) is 3.41. The van der Waals surface area contributed by atoms with Gasteiger partial charge in [-0.05, 0) is 26.0 Å². The van der Waals surface area contributed by atoms with Gasteiger partial charge in [-0.2, -0.15) is 4.52 Å². The van der Waals surface area contributed by atoms with Gasteiger partial charge in [0.25, 0.3) is 0 Å². The molecule has 0 fully saturated rings. The van der Waals surface area contributed by atoms with Crippen LogP contribution in [0.5, 0.6) is 5.88 Å². The Hall–Kier alpha value is -2.17. The van der Waals surface area contributed by atoms with Gasteiger partial charge < -0.3 is 4.74 Å². The molecule has 2 aromatic heterocycles. The minimum Gasteiger partial charge on any atom is -0.480 e. The molecular weight excluding hydrogens is 216 g/mol. The van der Waals surface area contributed by atoms with Crippen molar-refractivity contribution in [3.05, 3.63) is 29.6 Å². The Morgan fingerprint density at radius 2 is 1.94 bits per heavy atom. The maximum Gasteiger partial charge on any atom is 0.239 e. The summed E-state index contributed by atoms with van der Waals surface area (Å²) < 4.78 is 7.02. The number of rotatable bonds is 1. The van der Waals surface area contributed by atoms with Crippen molar-refractivity contribution >= 4 is 16.4 Å². The van der Waals surface area contributed by atoms with Crippen LogP contribution in [-0.2, 0) is 0 Å². The smallest absolute Gasteiger partial charge is 0.239 e. The van der Waals surface area contributed by atoms with Gasteiger partial charge in [0.05, 0.1) is 7.11 Å². The Morgan fingerprint density at radius 1 is 1.12 bits per heavy atom. The van der Waals surface area contributed by atoms with E-state index in [4.69, 9.17) is 4.74 Å². The molecule has 86 valence electrons. The minimum atomic E-state index is 0.593. The van der Waals surface area contributed by atoms with Crippen LogP contribution in [0.15, 0.2) is 18.2 Å². The molecule has 0 bridgehead atoms. The van der Waals surface area contributed by atoms with Gasteiger partial charge in [-0.3, -0.25) is 0 Å². The highest BCUT2D eigenvalue weighted by Gasteiger charge is 2.12. The van der Waals surface area contributed by atoms with E-state index in [9.17, 15) is 0 Å². The van der Waals surface area contributed by atoms with Crippen LogP contribution in [-0.4, -0.2) is 26.9 Å². The Kier molecular flexibility index (Phi) is 2.01. The van der Waals surface area contributed by atoms with Crippen molar-refractivity contribution in [2.75, 3.05) is 7.11 Å². The second-order valence-corrected chi connectivity index (χ2v) is 4.04. The quantitative estimate of drug-likeness (QED) is 0.638. The molecule has 3 rings (SSSR count). The van der Waals surface area contributed by atoms with Crippen molar-refractivity contribution < 1.29 is 4.74 Å². The molecule has 17 heavy (non-hydrogen) atoms. The average molecular weight is 228 g/mol. The number of fused-ring (bicyclic) bond motifs is 3. The van der Waals surface area contributed by atoms with E-state index in [0.717, 1.165) is 22.2 Å². The third kappa shape index (κ3) is 1.35. The summed E-state index contributed by atoms with van der Waals surface area (Å²) in [6, 6.07) is 6.11. The van der Waals surface area contributed by atoms with Gasteiger partial charge in [0, 0.05) is 10.8 Å². The number of aromatic nitrogens is 4. The van der Waals surface area contributed by atoms with Crippen molar-refractivity contribution in [3.63, 3.8) is 0 Å². The third-order valence-corrected chi connectivity index (χ3v) is 2.83. The van der Waals surface area contributed by atoms with Gasteiger partial charge in [-0.1, -0.05) is 11.6 Å². The molecule has 0 spiro atoms. The van der Waals surface area contributed by atoms with Crippen molar-refractivity contribution in [2.24, 2.45) is 0 Å². The Balaban J connectivity index is 2.57. The largest absolute Gasteiger partial charge is 0.480 e. The first-order chi connectivity index (χ1) is 8.20. The maximum absolute atomic E-state index is 5.31. The number of benzene rings is 1. The number of ether oxygens (including phenoxy) is 1. The summed E-state index contributed by atoms with van der Waals surface area (Å²) in [5.74, 6) is 1.34. The lowest BCUT2D eigenvalue weighted by Gasteiger charge is -2.06. The van der Waals surface area contributed by atoms with E-state index in [1.54, 1.807) is 11.6 Å². The monoisotopic (exact) mass is 228 g/mol. The second-order valence-electron chi connectivity index (χ2n) is 4.04. The molecule has 0 aliphatic heterocycles. The van der Waals surface area contributed by atoms with Crippen LogP contribution < -0.4 is 4.74 Å². The summed E-state index contributed by atoms with van der Waals surface area (Å²) in [7, 11) is 1.62. The van der Waals surface area contributed by atoms with E-state index in [1.807, 2.05) is 26.0 Å². The zero-order valence-corrected chi connectivity index (χ0v) is 9.93. The van der Waals surface area contributed by atoms with Crippen molar-refractivity contribution in [3.8, 4) is 5.88 Å². The van der Waals surface area contributed by atoms with Crippen molar-refractivity contribution in [1.82, 2.24) is 19.8 Å². The summed E-state index contributed by atoms with van der Waals surface area (Å²) in [5, 5.41) is 14.6. The number of methoxy groups -OCH3 is 1. The van der Waals surface area contributed by atoms with Crippen LogP contribution in [0.25, 0.3) is 16.4 Å². The van der Waals surface area contributed by atoms with Gasteiger partial charge in [-0.25, -0.2) is 0 Å². The fourth-order valence-corrected chi connectivity index (χ4v) is 1.97. The Bertz CT molecular complexity index is 717. The summed E-state index contributed by atoms with van der Waals surface area (Å²) in [6.07, 6.45) is 0. The van der Waals surface area contributed by atoms with Crippen LogP contribution in [0.2, 0.25) is 0 Å². The topological polar surface area (TPSA) is 52.3 Å².